The first kappa shape index (κ1) is 12.3. The van der Waals surface area contributed by atoms with Crippen LogP contribution in [0.4, 0.5) is 0 Å². The van der Waals surface area contributed by atoms with E-state index in [1.54, 1.807) is 0 Å². The maximum absolute atomic E-state index is 5.70. The predicted molar refractivity (Wildman–Crippen MR) is 66.7 cm³/mol. The lowest BCUT2D eigenvalue weighted by atomic mass is 10.1. The first-order valence-electron chi connectivity index (χ1n) is 6.88. The molecule has 2 rings (SSSR count). The number of ether oxygens (including phenoxy) is 1. The van der Waals surface area contributed by atoms with Crippen LogP contribution in [-0.2, 0) is 4.74 Å². The topological polar surface area (TPSA) is 24.5 Å². The van der Waals surface area contributed by atoms with E-state index in [1.165, 1.54) is 38.8 Å². The van der Waals surface area contributed by atoms with Gasteiger partial charge in [-0.25, -0.2) is 0 Å². The Kier molecular flexibility index (Phi) is 4.62. The highest BCUT2D eigenvalue weighted by atomic mass is 16.5. The zero-order valence-corrected chi connectivity index (χ0v) is 10.7. The molecule has 0 spiro atoms. The molecule has 2 aliphatic rings. The molecule has 16 heavy (non-hydrogen) atoms. The van der Waals surface area contributed by atoms with Crippen LogP contribution in [0.15, 0.2) is 0 Å². The summed E-state index contributed by atoms with van der Waals surface area (Å²) in [7, 11) is 0. The average molecular weight is 226 g/mol. The van der Waals surface area contributed by atoms with Crippen molar-refractivity contribution in [3.8, 4) is 0 Å². The fourth-order valence-corrected chi connectivity index (χ4v) is 2.89. The van der Waals surface area contributed by atoms with Crippen LogP contribution in [0.5, 0.6) is 0 Å². The second-order valence-electron chi connectivity index (χ2n) is 5.29. The highest BCUT2D eigenvalue weighted by molar-refractivity contribution is 4.84. The second kappa shape index (κ2) is 5.99. The molecule has 2 fully saturated rings. The Bertz CT molecular complexity index is 204. The molecule has 3 nitrogen and oxygen atoms in total. The molecule has 0 saturated carbocycles. The van der Waals surface area contributed by atoms with E-state index in [0.717, 1.165) is 19.2 Å². The minimum Gasteiger partial charge on any atom is -0.378 e. The largest absolute Gasteiger partial charge is 0.378 e. The van der Waals surface area contributed by atoms with Gasteiger partial charge in [-0.2, -0.15) is 0 Å². The van der Waals surface area contributed by atoms with Crippen molar-refractivity contribution in [3.63, 3.8) is 0 Å². The van der Waals surface area contributed by atoms with E-state index >= 15 is 0 Å². The van der Waals surface area contributed by atoms with Crippen LogP contribution >= 0.6 is 0 Å². The number of nitrogens with one attached hydrogen (secondary N) is 1. The molecule has 2 aliphatic heterocycles. The molecule has 2 heterocycles. The molecule has 2 saturated heterocycles. The van der Waals surface area contributed by atoms with Gasteiger partial charge in [-0.3, -0.25) is 4.90 Å². The van der Waals surface area contributed by atoms with Gasteiger partial charge < -0.3 is 10.1 Å². The van der Waals surface area contributed by atoms with E-state index in [1.807, 2.05) is 0 Å². The summed E-state index contributed by atoms with van der Waals surface area (Å²) in [6.07, 6.45) is 5.56. The monoisotopic (exact) mass is 226 g/mol. The van der Waals surface area contributed by atoms with Gasteiger partial charge in [0.2, 0.25) is 0 Å². The van der Waals surface area contributed by atoms with Gasteiger partial charge in [-0.15, -0.1) is 0 Å². The summed E-state index contributed by atoms with van der Waals surface area (Å²) in [5.74, 6) is 0. The third kappa shape index (κ3) is 3.19. The van der Waals surface area contributed by atoms with E-state index in [2.05, 4.69) is 24.1 Å². The molecule has 0 amide bonds. The first-order chi connectivity index (χ1) is 7.79. The summed E-state index contributed by atoms with van der Waals surface area (Å²) in [5.41, 5.74) is 0. The van der Waals surface area contributed by atoms with Crippen LogP contribution in [0, 0.1) is 0 Å². The summed E-state index contributed by atoms with van der Waals surface area (Å²) < 4.78 is 5.70. The summed E-state index contributed by atoms with van der Waals surface area (Å²) in [4.78, 5) is 2.66. The van der Waals surface area contributed by atoms with Gasteiger partial charge >= 0.3 is 0 Å². The highest BCUT2D eigenvalue weighted by Gasteiger charge is 2.25. The van der Waals surface area contributed by atoms with Crippen molar-refractivity contribution >= 4 is 0 Å². The van der Waals surface area contributed by atoms with Crippen LogP contribution in [0.2, 0.25) is 0 Å². The maximum atomic E-state index is 5.70. The Morgan fingerprint density at radius 3 is 3.00 bits per heavy atom. The van der Waals surface area contributed by atoms with E-state index in [0.29, 0.717) is 12.1 Å². The fraction of sp³-hybridized carbons (Fsp3) is 1.00. The van der Waals surface area contributed by atoms with Crippen LogP contribution in [0.25, 0.3) is 0 Å². The molecule has 0 aromatic rings. The van der Waals surface area contributed by atoms with E-state index < -0.39 is 0 Å². The Labute approximate surface area is 99.5 Å². The molecule has 1 N–H and O–H groups in total. The molecule has 94 valence electrons. The van der Waals surface area contributed by atoms with Gasteiger partial charge in [0.05, 0.1) is 6.10 Å². The third-order valence-corrected chi connectivity index (χ3v) is 3.96. The number of nitrogens with zero attached hydrogens (tertiary/aromatic N) is 1. The molecule has 3 atom stereocenters. The highest BCUT2D eigenvalue weighted by Crippen LogP contribution is 2.18. The zero-order chi connectivity index (χ0) is 11.4. The average Bonchev–Trinajstić information content (AvgIpc) is 2.79. The Balaban J connectivity index is 1.76. The lowest BCUT2D eigenvalue weighted by Gasteiger charge is -2.39. The van der Waals surface area contributed by atoms with Crippen molar-refractivity contribution in [3.05, 3.63) is 0 Å². The molecule has 0 aliphatic carbocycles. The van der Waals surface area contributed by atoms with Crippen molar-refractivity contribution < 1.29 is 4.74 Å². The normalized spacial score (nSPS) is 36.8. The number of hydrogen-bond donors (Lipinski definition) is 1. The van der Waals surface area contributed by atoms with Crippen molar-refractivity contribution in [2.24, 2.45) is 0 Å². The van der Waals surface area contributed by atoms with E-state index in [4.69, 9.17) is 4.74 Å². The fourth-order valence-electron chi connectivity index (χ4n) is 2.89. The first-order valence-corrected chi connectivity index (χ1v) is 6.88. The third-order valence-electron chi connectivity index (χ3n) is 3.96. The lowest BCUT2D eigenvalue weighted by Crippen LogP contribution is -2.55. The van der Waals surface area contributed by atoms with Crippen molar-refractivity contribution in [1.82, 2.24) is 10.2 Å². The summed E-state index contributed by atoms with van der Waals surface area (Å²) >= 11 is 0. The molecule has 0 radical (unpaired) electrons. The van der Waals surface area contributed by atoms with E-state index in [9.17, 15) is 0 Å². The van der Waals surface area contributed by atoms with Crippen molar-refractivity contribution in [1.29, 1.82) is 0 Å². The molecule has 0 aromatic heterocycles. The Hall–Kier alpha value is -0.120. The van der Waals surface area contributed by atoms with Crippen LogP contribution in [-0.4, -0.2) is 49.3 Å². The molecule has 0 aromatic carbocycles. The van der Waals surface area contributed by atoms with Crippen molar-refractivity contribution in [2.45, 2.75) is 57.7 Å². The second-order valence-corrected chi connectivity index (χ2v) is 5.29. The van der Waals surface area contributed by atoms with Crippen LogP contribution in [0.3, 0.4) is 0 Å². The Morgan fingerprint density at radius 2 is 2.31 bits per heavy atom. The lowest BCUT2D eigenvalue weighted by molar-refractivity contribution is 0.0714. The van der Waals surface area contributed by atoms with Gasteiger partial charge in [0.25, 0.3) is 0 Å². The van der Waals surface area contributed by atoms with Crippen molar-refractivity contribution in [2.75, 3.05) is 26.2 Å². The van der Waals surface area contributed by atoms with Gasteiger partial charge in [0, 0.05) is 38.3 Å². The van der Waals surface area contributed by atoms with Gasteiger partial charge in [-0.05, 0) is 32.6 Å². The molecule has 3 unspecified atom stereocenters. The molecule has 3 heteroatoms. The number of piperazine rings is 1. The quantitative estimate of drug-likeness (QED) is 0.788. The summed E-state index contributed by atoms with van der Waals surface area (Å²) in [6, 6.07) is 1.38. The minimum atomic E-state index is 0.544. The SMILES string of the molecule is CCC1CNC(C)CN1CCC1CCCO1. The maximum Gasteiger partial charge on any atom is 0.0588 e. The number of hydrogen-bond acceptors (Lipinski definition) is 3. The van der Waals surface area contributed by atoms with E-state index in [-0.39, 0.29) is 0 Å². The van der Waals surface area contributed by atoms with Gasteiger partial charge in [-0.1, -0.05) is 6.92 Å². The molecular weight excluding hydrogens is 200 g/mol. The smallest absolute Gasteiger partial charge is 0.0588 e. The standard InChI is InChI=1S/C13H26N2O/c1-3-12-9-14-11(2)10-15(12)7-6-13-5-4-8-16-13/h11-14H,3-10H2,1-2H3. The summed E-state index contributed by atoms with van der Waals surface area (Å²) in [5, 5.41) is 3.57. The Morgan fingerprint density at radius 1 is 1.44 bits per heavy atom. The predicted octanol–water partition coefficient (Wildman–Crippen LogP) is 1.63. The minimum absolute atomic E-state index is 0.544. The van der Waals surface area contributed by atoms with Crippen LogP contribution < -0.4 is 5.32 Å². The molecule has 0 bridgehead atoms. The van der Waals surface area contributed by atoms with Gasteiger partial charge in [0.1, 0.15) is 0 Å². The molecular formula is C13H26N2O. The summed E-state index contributed by atoms with van der Waals surface area (Å²) in [6.45, 7) is 9.13. The van der Waals surface area contributed by atoms with Gasteiger partial charge in [0.15, 0.2) is 0 Å². The zero-order valence-electron chi connectivity index (χ0n) is 10.7. The number of rotatable bonds is 4. The van der Waals surface area contributed by atoms with Crippen LogP contribution in [0.1, 0.15) is 39.5 Å².